The van der Waals surface area contributed by atoms with Crippen molar-refractivity contribution in [2.45, 2.75) is 6.18 Å². The van der Waals surface area contributed by atoms with E-state index in [0.29, 0.717) is 12.2 Å². The van der Waals surface area contributed by atoms with Gasteiger partial charge in [0.05, 0.1) is 15.7 Å². The van der Waals surface area contributed by atoms with Crippen LogP contribution in [0.5, 0.6) is 11.5 Å². The normalized spacial score (nSPS) is 14.6. The molecule has 3 rings (SSSR count). The molecule has 28 heavy (non-hydrogen) atoms. The van der Waals surface area contributed by atoms with Crippen LogP contribution in [0.15, 0.2) is 40.8 Å². The van der Waals surface area contributed by atoms with Crippen molar-refractivity contribution in [1.82, 2.24) is 14.9 Å². The van der Waals surface area contributed by atoms with Crippen LogP contribution in [-0.2, 0) is 6.18 Å². The number of nitrogens with two attached hydrogens (primary N) is 1. The molecule has 0 radical (unpaired) electrons. The number of aromatic amines is 1. The highest BCUT2D eigenvalue weighted by Gasteiger charge is 2.39. The zero-order valence-corrected chi connectivity index (χ0v) is 15.8. The third kappa shape index (κ3) is 4.10. The van der Waals surface area contributed by atoms with Gasteiger partial charge in [0, 0.05) is 25.4 Å². The molecular formula is C17H13Cl2F3N4O2. The minimum Gasteiger partial charge on any atom is -0.449 e. The first-order valence-corrected chi connectivity index (χ1v) is 8.55. The number of benzene rings is 1. The van der Waals surface area contributed by atoms with Crippen LogP contribution in [-0.4, -0.2) is 28.5 Å². The van der Waals surface area contributed by atoms with Crippen LogP contribution < -0.4 is 16.0 Å². The van der Waals surface area contributed by atoms with Gasteiger partial charge in [-0.15, -0.1) is 0 Å². The molecule has 1 aliphatic rings. The van der Waals surface area contributed by atoms with E-state index in [2.05, 4.69) is 9.97 Å². The molecule has 148 valence electrons. The molecule has 0 aliphatic carbocycles. The molecule has 6 nitrogen and oxygen atoms in total. The topological polar surface area (TPSA) is 84.2 Å². The predicted molar refractivity (Wildman–Crippen MR) is 99.3 cm³/mol. The fraction of sp³-hybridized carbons (Fsp3) is 0.176. The molecular weight excluding hydrogens is 420 g/mol. The number of hydrogen-bond donors (Lipinski definition) is 2. The summed E-state index contributed by atoms with van der Waals surface area (Å²) in [7, 11) is 1.63. The number of nitrogens with one attached hydrogen (secondary N) is 1. The van der Waals surface area contributed by atoms with Crippen LogP contribution in [0.25, 0.3) is 5.70 Å². The summed E-state index contributed by atoms with van der Waals surface area (Å²) in [4.78, 5) is 19.9. The zero-order chi connectivity index (χ0) is 20.6. The van der Waals surface area contributed by atoms with E-state index in [9.17, 15) is 18.0 Å². The predicted octanol–water partition coefficient (Wildman–Crippen LogP) is 4.02. The van der Waals surface area contributed by atoms with Gasteiger partial charge in [-0.05, 0) is 24.3 Å². The number of allylic oxidation sites excluding steroid dienone is 1. The van der Waals surface area contributed by atoms with Crippen molar-refractivity contribution in [3.8, 4) is 11.5 Å². The Morgan fingerprint density at radius 2 is 2.00 bits per heavy atom. The molecule has 0 bridgehead atoms. The Labute approximate surface area is 167 Å². The Hall–Kier alpha value is -2.65. The Kier molecular flexibility index (Phi) is 5.31. The van der Waals surface area contributed by atoms with Crippen molar-refractivity contribution in [2.75, 3.05) is 13.6 Å². The summed E-state index contributed by atoms with van der Waals surface area (Å²) in [5, 5.41) is 0.246. The van der Waals surface area contributed by atoms with Gasteiger partial charge >= 0.3 is 6.18 Å². The lowest BCUT2D eigenvalue weighted by Gasteiger charge is -2.24. The quantitative estimate of drug-likeness (QED) is 0.764. The monoisotopic (exact) mass is 432 g/mol. The summed E-state index contributed by atoms with van der Waals surface area (Å²) in [5.41, 5.74) is 3.72. The molecule has 3 N–H and O–H groups in total. The number of likely N-dealkylation sites (N-methyl/N-ethyl adjacent to an activating group) is 1. The number of nitrogens with zero attached hydrogens (tertiary/aromatic N) is 2. The van der Waals surface area contributed by atoms with Gasteiger partial charge in [-0.2, -0.15) is 13.2 Å². The fourth-order valence-electron chi connectivity index (χ4n) is 2.45. The lowest BCUT2D eigenvalue weighted by atomic mass is 10.2. The molecule has 0 fully saturated rings. The van der Waals surface area contributed by atoms with Gasteiger partial charge in [-0.1, -0.05) is 23.2 Å². The summed E-state index contributed by atoms with van der Waals surface area (Å²) in [6.45, 7) is 0.351. The maximum Gasteiger partial charge on any atom is 0.437 e. The molecule has 0 amide bonds. The molecule has 0 saturated carbocycles. The first kappa shape index (κ1) is 20.1. The lowest BCUT2D eigenvalue weighted by molar-refractivity contribution is -0.142. The van der Waals surface area contributed by atoms with Crippen LogP contribution in [0.1, 0.15) is 11.5 Å². The van der Waals surface area contributed by atoms with Crippen LogP contribution in [0.3, 0.4) is 0 Å². The minimum atomic E-state index is -4.94. The Bertz CT molecular complexity index is 1050. The SMILES string of the molecule is CN1CC=C(N)C=C1c1nc(C(F)(F)F)c(Oc2ccc(Cl)c(Cl)c2)c(=O)[nH]1. The number of halogens is 5. The van der Waals surface area contributed by atoms with Gasteiger partial charge in [0.15, 0.2) is 11.5 Å². The van der Waals surface area contributed by atoms with E-state index in [4.69, 9.17) is 33.7 Å². The van der Waals surface area contributed by atoms with Crippen LogP contribution in [0.2, 0.25) is 10.0 Å². The first-order chi connectivity index (χ1) is 13.1. The van der Waals surface area contributed by atoms with Crippen LogP contribution >= 0.6 is 23.2 Å². The summed E-state index contributed by atoms with van der Waals surface area (Å²) < 4.78 is 45.9. The highest BCUT2D eigenvalue weighted by molar-refractivity contribution is 6.42. The highest BCUT2D eigenvalue weighted by atomic mass is 35.5. The third-order valence-electron chi connectivity index (χ3n) is 3.81. The van der Waals surface area contributed by atoms with E-state index >= 15 is 0 Å². The van der Waals surface area contributed by atoms with E-state index in [1.54, 1.807) is 18.0 Å². The standard InChI is InChI=1S/C17H13Cl2F3N4O2/c1-26-5-4-8(23)6-12(26)15-24-14(17(20,21)22)13(16(27)25-15)28-9-2-3-10(18)11(19)7-9/h2-4,6-7H,5,23H2,1H3,(H,24,25,27). The van der Waals surface area contributed by atoms with Gasteiger partial charge < -0.3 is 20.4 Å². The molecule has 0 spiro atoms. The maximum absolute atomic E-state index is 13.6. The smallest absolute Gasteiger partial charge is 0.437 e. The van der Waals surface area contributed by atoms with E-state index in [1.165, 1.54) is 24.3 Å². The summed E-state index contributed by atoms with van der Waals surface area (Å²) >= 11 is 11.6. The molecule has 2 heterocycles. The lowest BCUT2D eigenvalue weighted by Crippen LogP contribution is -2.27. The van der Waals surface area contributed by atoms with Gasteiger partial charge in [-0.3, -0.25) is 4.79 Å². The Morgan fingerprint density at radius 1 is 1.29 bits per heavy atom. The summed E-state index contributed by atoms with van der Waals surface area (Å²) in [6.07, 6.45) is -1.85. The van der Waals surface area contributed by atoms with Crippen molar-refractivity contribution < 1.29 is 17.9 Å². The molecule has 1 aliphatic heterocycles. The van der Waals surface area contributed by atoms with E-state index in [-0.39, 0.29) is 27.3 Å². The van der Waals surface area contributed by atoms with Crippen molar-refractivity contribution in [3.05, 3.63) is 68.0 Å². The Balaban J connectivity index is 2.12. The second-order valence-corrected chi connectivity index (χ2v) is 6.70. The molecule has 0 saturated heterocycles. The second kappa shape index (κ2) is 7.40. The third-order valence-corrected chi connectivity index (χ3v) is 4.55. The van der Waals surface area contributed by atoms with Gasteiger partial charge in [0.25, 0.3) is 5.56 Å². The highest BCUT2D eigenvalue weighted by Crippen LogP contribution is 2.36. The number of aromatic nitrogens is 2. The van der Waals surface area contributed by atoms with Crippen molar-refractivity contribution in [3.63, 3.8) is 0 Å². The molecule has 0 atom stereocenters. The van der Waals surface area contributed by atoms with E-state index < -0.39 is 23.2 Å². The van der Waals surface area contributed by atoms with Gasteiger partial charge in [-0.25, -0.2) is 4.98 Å². The number of H-pyrrole nitrogens is 1. The Morgan fingerprint density at radius 3 is 2.64 bits per heavy atom. The number of alkyl halides is 3. The number of hydrogen-bond acceptors (Lipinski definition) is 5. The van der Waals surface area contributed by atoms with Gasteiger partial charge in [0.1, 0.15) is 5.75 Å². The average molecular weight is 433 g/mol. The molecule has 0 unspecified atom stereocenters. The molecule has 2 aromatic rings. The minimum absolute atomic E-state index is 0.0602. The number of rotatable bonds is 3. The van der Waals surface area contributed by atoms with Crippen LogP contribution in [0, 0.1) is 0 Å². The molecule has 11 heteroatoms. The average Bonchev–Trinajstić information content (AvgIpc) is 2.60. The van der Waals surface area contributed by atoms with Crippen molar-refractivity contribution in [1.29, 1.82) is 0 Å². The summed E-state index contributed by atoms with van der Waals surface area (Å²) in [6, 6.07) is 3.81. The zero-order valence-electron chi connectivity index (χ0n) is 14.3. The molecule has 1 aromatic heterocycles. The van der Waals surface area contributed by atoms with E-state index in [0.717, 1.165) is 0 Å². The summed E-state index contributed by atoms with van der Waals surface area (Å²) in [5.74, 6) is -1.38. The fourth-order valence-corrected chi connectivity index (χ4v) is 2.73. The first-order valence-electron chi connectivity index (χ1n) is 7.79. The second-order valence-electron chi connectivity index (χ2n) is 5.88. The van der Waals surface area contributed by atoms with Crippen molar-refractivity contribution >= 4 is 28.9 Å². The molecule has 1 aromatic carbocycles. The largest absolute Gasteiger partial charge is 0.449 e. The maximum atomic E-state index is 13.6. The van der Waals surface area contributed by atoms with Crippen LogP contribution in [0.4, 0.5) is 13.2 Å². The van der Waals surface area contributed by atoms with Gasteiger partial charge in [0.2, 0.25) is 5.75 Å². The van der Waals surface area contributed by atoms with Crippen molar-refractivity contribution in [2.24, 2.45) is 5.73 Å². The number of ether oxygens (including phenoxy) is 1. The van der Waals surface area contributed by atoms with E-state index in [1.807, 2.05) is 0 Å².